The fraction of sp³-hybridized carbons (Fsp3) is 0.429. The largest absolute Gasteiger partial charge is 0.225 e. The molecule has 0 rings (SSSR count). The van der Waals surface area contributed by atoms with Gasteiger partial charge in [-0.05, 0) is 0 Å². The van der Waals surface area contributed by atoms with Gasteiger partial charge in [-0.3, -0.25) is 0 Å². The molecule has 74 valence electrons. The summed E-state index contributed by atoms with van der Waals surface area (Å²) in [5.41, 5.74) is 0. The molecule has 4 heteroatoms. The number of halogens is 2. The first-order valence-corrected chi connectivity index (χ1v) is 4.28. The van der Waals surface area contributed by atoms with Gasteiger partial charge in [0.2, 0.25) is 9.23 Å². The first-order chi connectivity index (χ1) is 3.73. The van der Waals surface area contributed by atoms with E-state index in [1.807, 2.05) is 0 Å². The van der Waals surface area contributed by atoms with Crippen molar-refractivity contribution in [1.29, 1.82) is 0 Å². The molecule has 0 aliphatic rings. The minimum atomic E-state index is -1.67. The van der Waals surface area contributed by atoms with Crippen LogP contribution in [0.5, 0.6) is 0 Å². The molecule has 0 spiro atoms. The Balaban J connectivity index is -0.00000000813. The van der Waals surface area contributed by atoms with Gasteiger partial charge in [0.25, 0.3) is 0 Å². The SMILES string of the molecule is C.C.C.C=C.C=C.O=S(Cl)Cl. The lowest BCUT2D eigenvalue weighted by atomic mass is 11.3. The Morgan fingerprint density at radius 3 is 0.818 bits per heavy atom. The van der Waals surface area contributed by atoms with Gasteiger partial charge in [0.1, 0.15) is 0 Å². The van der Waals surface area contributed by atoms with Gasteiger partial charge in [0.05, 0.1) is 0 Å². The van der Waals surface area contributed by atoms with Crippen LogP contribution in [0.1, 0.15) is 22.3 Å². The molecule has 0 fully saturated rings. The van der Waals surface area contributed by atoms with Crippen LogP contribution in [0.2, 0.25) is 0 Å². The zero-order valence-electron chi connectivity index (χ0n) is 4.40. The summed E-state index contributed by atoms with van der Waals surface area (Å²) in [5.74, 6) is 0. The van der Waals surface area contributed by atoms with Crippen molar-refractivity contribution in [3.8, 4) is 0 Å². The molecule has 0 atom stereocenters. The maximum atomic E-state index is 9.09. The van der Waals surface area contributed by atoms with Crippen molar-refractivity contribution in [2.24, 2.45) is 0 Å². The quantitative estimate of drug-likeness (QED) is 0.434. The maximum absolute atomic E-state index is 9.09. The van der Waals surface area contributed by atoms with E-state index >= 15 is 0 Å². The monoisotopic (exact) mass is 222 g/mol. The zero-order chi connectivity index (χ0) is 7.58. The molecular weight excluding hydrogens is 203 g/mol. The van der Waals surface area contributed by atoms with Crippen molar-refractivity contribution in [2.75, 3.05) is 0 Å². The minimum Gasteiger partial charge on any atom is -0.225 e. The van der Waals surface area contributed by atoms with Crippen molar-refractivity contribution in [3.05, 3.63) is 26.3 Å². The summed E-state index contributed by atoms with van der Waals surface area (Å²) in [4.78, 5) is 0. The van der Waals surface area contributed by atoms with Crippen molar-refractivity contribution in [1.82, 2.24) is 0 Å². The van der Waals surface area contributed by atoms with Crippen molar-refractivity contribution >= 4 is 30.6 Å². The summed E-state index contributed by atoms with van der Waals surface area (Å²) in [6, 6.07) is 0. The number of rotatable bonds is 0. The van der Waals surface area contributed by atoms with Crippen LogP contribution in [0, 0.1) is 0 Å². The van der Waals surface area contributed by atoms with Crippen molar-refractivity contribution < 1.29 is 4.21 Å². The van der Waals surface area contributed by atoms with Crippen LogP contribution in [0.3, 0.4) is 0 Å². The molecule has 0 unspecified atom stereocenters. The molecule has 1 nitrogen and oxygen atoms in total. The third kappa shape index (κ3) is 15600. The third-order valence-electron chi connectivity index (χ3n) is 0. The fourth-order valence-corrected chi connectivity index (χ4v) is 0. The van der Waals surface area contributed by atoms with Crippen LogP contribution in [0.15, 0.2) is 26.3 Å². The Kier molecular flexibility index (Phi) is 329. The topological polar surface area (TPSA) is 17.1 Å². The molecule has 0 aliphatic heterocycles. The van der Waals surface area contributed by atoms with Crippen LogP contribution in [0.4, 0.5) is 0 Å². The summed E-state index contributed by atoms with van der Waals surface area (Å²) in [6.45, 7) is 12.0. The molecule has 0 amide bonds. The number of hydrogen-bond donors (Lipinski definition) is 0. The van der Waals surface area contributed by atoms with Gasteiger partial charge in [0.15, 0.2) is 0 Å². The van der Waals surface area contributed by atoms with Gasteiger partial charge in [-0.2, -0.15) is 0 Å². The van der Waals surface area contributed by atoms with E-state index in [0.717, 1.165) is 0 Å². The van der Waals surface area contributed by atoms with Crippen LogP contribution < -0.4 is 0 Å². The van der Waals surface area contributed by atoms with Crippen LogP contribution >= 0.6 is 21.4 Å². The molecule has 11 heavy (non-hydrogen) atoms. The molecule has 0 N–H and O–H groups in total. The maximum Gasteiger partial charge on any atom is 0.211 e. The first kappa shape index (κ1) is 43.1. The highest BCUT2D eigenvalue weighted by atomic mass is 36.0. The first-order valence-electron chi connectivity index (χ1n) is 1.48. The lowest BCUT2D eigenvalue weighted by molar-refractivity contribution is 0.698. The molecule has 0 aliphatic carbocycles. The molecule has 0 aromatic heterocycles. The Morgan fingerprint density at radius 1 is 0.818 bits per heavy atom. The minimum absolute atomic E-state index is 0. The van der Waals surface area contributed by atoms with Gasteiger partial charge < -0.3 is 0 Å². The van der Waals surface area contributed by atoms with E-state index in [0.29, 0.717) is 0 Å². The fourth-order valence-electron chi connectivity index (χ4n) is 0. The van der Waals surface area contributed by atoms with Crippen molar-refractivity contribution in [2.45, 2.75) is 22.3 Å². The Morgan fingerprint density at radius 2 is 0.818 bits per heavy atom. The van der Waals surface area contributed by atoms with Crippen LogP contribution in [-0.4, -0.2) is 4.21 Å². The smallest absolute Gasteiger partial charge is 0.211 e. The Labute approximate surface area is 83.6 Å². The third-order valence-corrected chi connectivity index (χ3v) is 0. The standard InChI is InChI=1S/2C2H4.3CH4.Cl2OS/c2*1-2;;;;1-4(2)3/h2*1-2H2;3*1H4;. The molecule has 0 radical (unpaired) electrons. The summed E-state index contributed by atoms with van der Waals surface area (Å²) in [7, 11) is 7.36. The van der Waals surface area contributed by atoms with E-state index in [1.54, 1.807) is 0 Å². The van der Waals surface area contributed by atoms with Gasteiger partial charge >= 0.3 is 0 Å². The Hall–Kier alpha value is 0.210. The second-order valence-corrected chi connectivity index (χ2v) is 2.71. The van der Waals surface area contributed by atoms with E-state index in [1.165, 1.54) is 0 Å². The van der Waals surface area contributed by atoms with E-state index in [9.17, 15) is 0 Å². The van der Waals surface area contributed by atoms with Gasteiger partial charge in [-0.25, -0.2) is 4.21 Å². The predicted octanol–water partition coefficient (Wildman–Crippen LogP) is 4.56. The van der Waals surface area contributed by atoms with E-state index in [2.05, 4.69) is 47.7 Å². The lowest BCUT2D eigenvalue weighted by Crippen LogP contribution is -1.41. The molecular formula is C7H20Cl2OS. The zero-order valence-corrected chi connectivity index (χ0v) is 6.73. The Bertz CT molecular complexity index is 54.4. The average Bonchev–Trinajstić information content (AvgIpc) is 1.75. The highest BCUT2D eigenvalue weighted by molar-refractivity contribution is 8.26. The normalized spacial score (nSPS) is 3.91. The van der Waals surface area contributed by atoms with Gasteiger partial charge in [-0.15, -0.1) is 26.3 Å². The molecule has 0 aromatic rings. The highest BCUT2D eigenvalue weighted by Gasteiger charge is 1.67. The lowest BCUT2D eigenvalue weighted by Gasteiger charge is -1.50. The molecule has 0 saturated carbocycles. The van der Waals surface area contributed by atoms with E-state index < -0.39 is 9.23 Å². The molecule has 0 heterocycles. The second kappa shape index (κ2) is 84.0. The number of hydrogen-bond acceptors (Lipinski definition) is 1. The van der Waals surface area contributed by atoms with Gasteiger partial charge in [-0.1, -0.05) is 22.3 Å². The molecule has 0 saturated heterocycles. The van der Waals surface area contributed by atoms with Gasteiger partial charge in [0, 0.05) is 21.4 Å². The summed E-state index contributed by atoms with van der Waals surface area (Å²) in [5, 5.41) is 0. The molecule has 0 bridgehead atoms. The highest BCUT2D eigenvalue weighted by Crippen LogP contribution is 1.89. The predicted molar refractivity (Wildman–Crippen MR) is 62.5 cm³/mol. The van der Waals surface area contributed by atoms with Crippen LogP contribution in [0.25, 0.3) is 0 Å². The summed E-state index contributed by atoms with van der Waals surface area (Å²) < 4.78 is 9.09. The van der Waals surface area contributed by atoms with E-state index in [4.69, 9.17) is 4.21 Å². The second-order valence-electron chi connectivity index (χ2n) is 0.184. The summed E-state index contributed by atoms with van der Waals surface area (Å²) >= 11 is 0. The van der Waals surface area contributed by atoms with Crippen LogP contribution in [-0.2, 0) is 9.23 Å². The van der Waals surface area contributed by atoms with E-state index in [-0.39, 0.29) is 22.3 Å². The average molecular weight is 223 g/mol. The summed E-state index contributed by atoms with van der Waals surface area (Å²) in [6.07, 6.45) is 0. The van der Waals surface area contributed by atoms with Crippen molar-refractivity contribution in [3.63, 3.8) is 0 Å². The molecule has 0 aromatic carbocycles.